The third-order valence-corrected chi connectivity index (χ3v) is 3.71. The van der Waals surface area contributed by atoms with Crippen molar-refractivity contribution in [3.63, 3.8) is 0 Å². The van der Waals surface area contributed by atoms with Crippen LogP contribution in [0.4, 0.5) is 5.95 Å². The first-order valence-electron chi connectivity index (χ1n) is 7.26. The van der Waals surface area contributed by atoms with Gasteiger partial charge in [0.1, 0.15) is 17.0 Å². The molecule has 0 spiro atoms. The molecule has 0 fully saturated rings. The van der Waals surface area contributed by atoms with E-state index in [-0.39, 0.29) is 23.2 Å². The van der Waals surface area contributed by atoms with E-state index in [1.54, 1.807) is 42.5 Å². The van der Waals surface area contributed by atoms with Gasteiger partial charge in [0.15, 0.2) is 11.5 Å². The average Bonchev–Trinajstić information content (AvgIpc) is 2.92. The number of para-hydroxylation sites is 1. The average molecular weight is 319 g/mol. The molecule has 6 heteroatoms. The molecule has 0 unspecified atom stereocenters. The highest BCUT2D eigenvalue weighted by atomic mass is 16.4. The fourth-order valence-electron chi connectivity index (χ4n) is 2.57. The molecule has 2 aromatic heterocycles. The van der Waals surface area contributed by atoms with Gasteiger partial charge in [0.2, 0.25) is 5.95 Å². The first-order chi connectivity index (χ1) is 11.6. The van der Waals surface area contributed by atoms with Gasteiger partial charge in [-0.05, 0) is 42.5 Å². The molecule has 0 bridgehead atoms. The smallest absolute Gasteiger partial charge is 0.221 e. The first-order valence-corrected chi connectivity index (χ1v) is 7.26. The zero-order valence-electron chi connectivity index (χ0n) is 12.5. The highest BCUT2D eigenvalue weighted by molar-refractivity contribution is 5.90. The summed E-state index contributed by atoms with van der Waals surface area (Å²) in [5.74, 6) is 0.483. The van der Waals surface area contributed by atoms with Crippen LogP contribution in [0.3, 0.4) is 0 Å². The van der Waals surface area contributed by atoms with Crippen molar-refractivity contribution < 1.29 is 14.6 Å². The molecule has 4 aromatic rings. The summed E-state index contributed by atoms with van der Waals surface area (Å²) < 4.78 is 5.71. The van der Waals surface area contributed by atoms with Crippen LogP contribution in [-0.2, 0) is 0 Å². The van der Waals surface area contributed by atoms with Crippen LogP contribution in [-0.4, -0.2) is 20.2 Å². The molecular weight excluding hydrogens is 306 g/mol. The number of hydrogen-bond donors (Lipinski definition) is 3. The van der Waals surface area contributed by atoms with E-state index in [1.807, 2.05) is 12.1 Å². The van der Waals surface area contributed by atoms with Crippen molar-refractivity contribution in [1.29, 1.82) is 0 Å². The van der Waals surface area contributed by atoms with Crippen LogP contribution in [0, 0.1) is 0 Å². The Balaban J connectivity index is 1.89. The highest BCUT2D eigenvalue weighted by Gasteiger charge is 2.17. The van der Waals surface area contributed by atoms with E-state index >= 15 is 0 Å². The molecule has 2 heterocycles. The van der Waals surface area contributed by atoms with E-state index in [0.29, 0.717) is 22.4 Å². The van der Waals surface area contributed by atoms with Gasteiger partial charge in [-0.15, -0.1) is 0 Å². The molecule has 0 radical (unpaired) electrons. The molecular formula is C18H13N3O3. The molecule has 0 aliphatic heterocycles. The van der Waals surface area contributed by atoms with Gasteiger partial charge in [-0.25, -0.2) is 9.97 Å². The lowest BCUT2D eigenvalue weighted by atomic mass is 10.1. The normalized spacial score (nSPS) is 11.0. The summed E-state index contributed by atoms with van der Waals surface area (Å²) in [5.41, 5.74) is 8.09. The van der Waals surface area contributed by atoms with Gasteiger partial charge in [0, 0.05) is 5.56 Å². The molecule has 0 amide bonds. The van der Waals surface area contributed by atoms with E-state index in [9.17, 15) is 10.2 Å². The first kappa shape index (κ1) is 14.1. The van der Waals surface area contributed by atoms with E-state index in [4.69, 9.17) is 10.2 Å². The van der Waals surface area contributed by atoms with E-state index in [1.165, 1.54) is 0 Å². The maximum Gasteiger partial charge on any atom is 0.221 e. The van der Waals surface area contributed by atoms with Crippen molar-refractivity contribution >= 4 is 16.9 Å². The monoisotopic (exact) mass is 319 g/mol. The summed E-state index contributed by atoms with van der Waals surface area (Å²) >= 11 is 0. The molecule has 0 saturated heterocycles. The molecule has 2 aromatic carbocycles. The van der Waals surface area contributed by atoms with Crippen molar-refractivity contribution in [2.75, 3.05) is 5.73 Å². The number of hydrogen-bond acceptors (Lipinski definition) is 6. The van der Waals surface area contributed by atoms with E-state index in [2.05, 4.69) is 9.97 Å². The fourth-order valence-corrected chi connectivity index (χ4v) is 2.57. The Hall–Kier alpha value is -3.54. The lowest BCUT2D eigenvalue weighted by Crippen LogP contribution is -1.98. The predicted molar refractivity (Wildman–Crippen MR) is 90.4 cm³/mol. The Bertz CT molecular complexity index is 1040. The minimum absolute atomic E-state index is 0.0142. The van der Waals surface area contributed by atoms with Crippen LogP contribution in [0.25, 0.3) is 33.7 Å². The Morgan fingerprint density at radius 1 is 0.875 bits per heavy atom. The number of fused-ring (bicyclic) bond motifs is 1. The van der Waals surface area contributed by atoms with Crippen LogP contribution in [0.2, 0.25) is 0 Å². The second-order valence-corrected chi connectivity index (χ2v) is 5.32. The topological polar surface area (TPSA) is 105 Å². The van der Waals surface area contributed by atoms with Crippen LogP contribution in [0.5, 0.6) is 11.5 Å². The van der Waals surface area contributed by atoms with Gasteiger partial charge >= 0.3 is 0 Å². The molecule has 0 saturated carbocycles. The third kappa shape index (κ3) is 2.30. The van der Waals surface area contributed by atoms with E-state index < -0.39 is 0 Å². The number of rotatable bonds is 2. The summed E-state index contributed by atoms with van der Waals surface area (Å²) in [6, 6.07) is 15.4. The van der Waals surface area contributed by atoms with Crippen molar-refractivity contribution in [3.05, 3.63) is 54.6 Å². The minimum Gasteiger partial charge on any atom is -0.508 e. The maximum absolute atomic E-state index is 10.4. The molecule has 118 valence electrons. The zero-order chi connectivity index (χ0) is 16.7. The summed E-state index contributed by atoms with van der Waals surface area (Å²) in [5, 5.41) is 20.4. The van der Waals surface area contributed by atoms with Gasteiger partial charge in [-0.2, -0.15) is 0 Å². The summed E-state index contributed by atoms with van der Waals surface area (Å²) in [6.07, 6.45) is 0. The number of nitrogens with zero attached hydrogens (tertiary/aromatic N) is 2. The maximum atomic E-state index is 10.4. The van der Waals surface area contributed by atoms with Crippen LogP contribution in [0.15, 0.2) is 59.0 Å². The number of aromatic hydroxyl groups is 2. The molecule has 0 atom stereocenters. The Labute approximate surface area is 136 Å². The summed E-state index contributed by atoms with van der Waals surface area (Å²) in [7, 11) is 0. The van der Waals surface area contributed by atoms with Crippen LogP contribution < -0.4 is 5.73 Å². The number of phenols is 1. The molecule has 4 rings (SSSR count). The number of aromatic nitrogens is 2. The number of furan rings is 1. The number of nitrogen functional groups attached to an aromatic ring is 1. The van der Waals surface area contributed by atoms with Gasteiger partial charge < -0.3 is 20.4 Å². The molecule has 0 aliphatic rings. The lowest BCUT2D eigenvalue weighted by Gasteiger charge is -2.05. The summed E-state index contributed by atoms with van der Waals surface area (Å²) in [4.78, 5) is 8.37. The lowest BCUT2D eigenvalue weighted by molar-refractivity contribution is 0.469. The fraction of sp³-hybridized carbons (Fsp3) is 0. The molecule has 4 N–H and O–H groups in total. The zero-order valence-corrected chi connectivity index (χ0v) is 12.5. The molecule has 24 heavy (non-hydrogen) atoms. The Morgan fingerprint density at radius 2 is 1.58 bits per heavy atom. The van der Waals surface area contributed by atoms with Crippen LogP contribution >= 0.6 is 0 Å². The second kappa shape index (κ2) is 5.27. The van der Waals surface area contributed by atoms with Crippen LogP contribution in [0.1, 0.15) is 0 Å². The summed E-state index contributed by atoms with van der Waals surface area (Å²) in [6.45, 7) is 0. The number of anilines is 1. The number of phenolic OH excluding ortho intramolecular Hbond substituents is 1. The molecule has 0 aliphatic carbocycles. The largest absolute Gasteiger partial charge is 0.508 e. The number of benzene rings is 2. The Kier molecular flexibility index (Phi) is 3.09. The van der Waals surface area contributed by atoms with E-state index in [0.717, 1.165) is 5.56 Å². The predicted octanol–water partition coefficient (Wildman–Crippen LogP) is 3.55. The standard InChI is InChI=1S/C18H13N3O3/c19-18-20-13(10-5-7-11(22)8-6-10)9-14(21-18)17-16(23)12-3-1-2-4-15(12)24-17/h1-9,22-23H,(H2,19,20,21). The minimum atomic E-state index is 0.0142. The third-order valence-electron chi connectivity index (χ3n) is 3.71. The van der Waals surface area contributed by atoms with Crippen molar-refractivity contribution in [3.8, 4) is 34.2 Å². The SMILES string of the molecule is Nc1nc(-c2ccc(O)cc2)cc(-c2oc3ccccc3c2O)n1. The molecule has 6 nitrogen and oxygen atoms in total. The van der Waals surface area contributed by atoms with Crippen molar-refractivity contribution in [1.82, 2.24) is 9.97 Å². The van der Waals surface area contributed by atoms with Gasteiger partial charge in [-0.3, -0.25) is 0 Å². The van der Waals surface area contributed by atoms with Gasteiger partial charge in [-0.1, -0.05) is 12.1 Å². The number of nitrogens with two attached hydrogens (primary N) is 1. The van der Waals surface area contributed by atoms with Crippen molar-refractivity contribution in [2.45, 2.75) is 0 Å². The van der Waals surface area contributed by atoms with Gasteiger partial charge in [0.05, 0.1) is 11.1 Å². The van der Waals surface area contributed by atoms with Crippen molar-refractivity contribution in [2.24, 2.45) is 0 Å². The van der Waals surface area contributed by atoms with Gasteiger partial charge in [0.25, 0.3) is 0 Å². The highest BCUT2D eigenvalue weighted by Crippen LogP contribution is 2.39. The second-order valence-electron chi connectivity index (χ2n) is 5.32. The Morgan fingerprint density at radius 3 is 2.33 bits per heavy atom. The quantitative estimate of drug-likeness (QED) is 0.522.